The lowest BCUT2D eigenvalue weighted by atomic mass is 9.63. The second-order valence-electron chi connectivity index (χ2n) is 6.27. The Balaban J connectivity index is 1.99. The smallest absolute Gasteiger partial charge is 0.0185 e. The van der Waals surface area contributed by atoms with Crippen LogP contribution in [-0.2, 0) is 0 Å². The van der Waals surface area contributed by atoms with Crippen LogP contribution >= 0.6 is 0 Å². The average Bonchev–Trinajstić information content (AvgIpc) is 2.26. The second kappa shape index (κ2) is 4.45. The Kier molecular flexibility index (Phi) is 3.39. The van der Waals surface area contributed by atoms with Gasteiger partial charge in [0.25, 0.3) is 0 Å². The zero-order valence-electron chi connectivity index (χ0n) is 10.5. The SMILES string of the molecule is CC1CCC(N)(C2CCCCC2)CC1C. The fourth-order valence-corrected chi connectivity index (χ4v) is 3.73. The molecule has 0 radical (unpaired) electrons. The van der Waals surface area contributed by atoms with Crippen molar-refractivity contribution in [1.82, 2.24) is 0 Å². The van der Waals surface area contributed by atoms with E-state index in [0.717, 1.165) is 17.8 Å². The second-order valence-corrected chi connectivity index (χ2v) is 6.27. The lowest BCUT2D eigenvalue weighted by Crippen LogP contribution is -2.52. The fraction of sp³-hybridized carbons (Fsp3) is 1.00. The topological polar surface area (TPSA) is 26.0 Å². The summed E-state index contributed by atoms with van der Waals surface area (Å²) in [5.74, 6) is 2.57. The van der Waals surface area contributed by atoms with Gasteiger partial charge in [-0.1, -0.05) is 33.1 Å². The van der Waals surface area contributed by atoms with Gasteiger partial charge in [0.05, 0.1) is 0 Å². The maximum Gasteiger partial charge on any atom is 0.0185 e. The van der Waals surface area contributed by atoms with E-state index in [1.54, 1.807) is 0 Å². The zero-order chi connectivity index (χ0) is 10.9. The Morgan fingerprint density at radius 2 is 1.60 bits per heavy atom. The predicted molar refractivity (Wildman–Crippen MR) is 65.7 cm³/mol. The first-order valence-corrected chi connectivity index (χ1v) is 6.91. The van der Waals surface area contributed by atoms with Crippen molar-refractivity contribution in [3.05, 3.63) is 0 Å². The van der Waals surface area contributed by atoms with Gasteiger partial charge in [0.1, 0.15) is 0 Å². The van der Waals surface area contributed by atoms with E-state index in [0.29, 0.717) is 0 Å². The van der Waals surface area contributed by atoms with Gasteiger partial charge in [-0.2, -0.15) is 0 Å². The van der Waals surface area contributed by atoms with Crippen LogP contribution in [0, 0.1) is 17.8 Å². The Labute approximate surface area is 94.8 Å². The molecule has 15 heavy (non-hydrogen) atoms. The molecule has 2 aliphatic rings. The van der Waals surface area contributed by atoms with Crippen molar-refractivity contribution in [1.29, 1.82) is 0 Å². The molecule has 0 heterocycles. The highest BCUT2D eigenvalue weighted by molar-refractivity contribution is 4.97. The number of hydrogen-bond donors (Lipinski definition) is 1. The molecule has 1 heteroatoms. The Morgan fingerprint density at radius 1 is 0.933 bits per heavy atom. The molecule has 2 rings (SSSR count). The fourth-order valence-electron chi connectivity index (χ4n) is 3.73. The minimum Gasteiger partial charge on any atom is -0.325 e. The molecule has 0 aliphatic heterocycles. The molecule has 0 aromatic carbocycles. The Morgan fingerprint density at radius 3 is 2.20 bits per heavy atom. The molecule has 0 bridgehead atoms. The van der Waals surface area contributed by atoms with Crippen molar-refractivity contribution in [3.63, 3.8) is 0 Å². The first-order valence-electron chi connectivity index (χ1n) is 6.91. The quantitative estimate of drug-likeness (QED) is 0.700. The molecular weight excluding hydrogens is 182 g/mol. The van der Waals surface area contributed by atoms with Gasteiger partial charge in [-0.15, -0.1) is 0 Å². The predicted octanol–water partition coefficient (Wildman–Crippen LogP) is 3.72. The van der Waals surface area contributed by atoms with Gasteiger partial charge >= 0.3 is 0 Å². The van der Waals surface area contributed by atoms with Gasteiger partial charge in [-0.3, -0.25) is 0 Å². The monoisotopic (exact) mass is 209 g/mol. The van der Waals surface area contributed by atoms with E-state index in [4.69, 9.17) is 5.73 Å². The molecular formula is C14H27N. The molecule has 0 saturated heterocycles. The van der Waals surface area contributed by atoms with Crippen molar-refractivity contribution in [2.24, 2.45) is 23.5 Å². The van der Waals surface area contributed by atoms with Gasteiger partial charge in [0, 0.05) is 5.54 Å². The Hall–Kier alpha value is -0.0400. The number of rotatable bonds is 1. The van der Waals surface area contributed by atoms with Crippen molar-refractivity contribution in [2.45, 2.75) is 70.8 Å². The lowest BCUT2D eigenvalue weighted by Gasteiger charge is -2.46. The largest absolute Gasteiger partial charge is 0.325 e. The third-order valence-electron chi connectivity index (χ3n) is 5.16. The summed E-state index contributed by atoms with van der Waals surface area (Å²) in [6, 6.07) is 0. The normalized spacial score (nSPS) is 44.2. The average molecular weight is 209 g/mol. The highest BCUT2D eigenvalue weighted by Gasteiger charge is 2.40. The first-order chi connectivity index (χ1) is 7.12. The number of nitrogens with two attached hydrogens (primary N) is 1. The molecule has 2 N–H and O–H groups in total. The molecule has 0 aromatic rings. The van der Waals surface area contributed by atoms with E-state index in [9.17, 15) is 0 Å². The van der Waals surface area contributed by atoms with E-state index in [2.05, 4.69) is 13.8 Å². The standard InChI is InChI=1S/C14H27N/c1-11-8-9-14(15,10-12(11)2)13-6-4-3-5-7-13/h11-13H,3-10,15H2,1-2H3. The van der Waals surface area contributed by atoms with Gasteiger partial charge < -0.3 is 5.73 Å². The maximum atomic E-state index is 6.69. The minimum atomic E-state index is 0.201. The van der Waals surface area contributed by atoms with E-state index >= 15 is 0 Å². The molecule has 2 fully saturated rings. The van der Waals surface area contributed by atoms with Gasteiger partial charge in [0.2, 0.25) is 0 Å². The van der Waals surface area contributed by atoms with Crippen LogP contribution in [0.1, 0.15) is 65.2 Å². The van der Waals surface area contributed by atoms with Crippen molar-refractivity contribution >= 4 is 0 Å². The lowest BCUT2D eigenvalue weighted by molar-refractivity contribution is 0.0981. The van der Waals surface area contributed by atoms with E-state index in [1.807, 2.05) is 0 Å². The zero-order valence-corrected chi connectivity index (χ0v) is 10.5. The highest BCUT2D eigenvalue weighted by Crippen LogP contribution is 2.43. The summed E-state index contributed by atoms with van der Waals surface area (Å²) in [6.45, 7) is 4.79. The minimum absolute atomic E-state index is 0.201. The summed E-state index contributed by atoms with van der Waals surface area (Å²) in [5.41, 5.74) is 6.89. The highest BCUT2D eigenvalue weighted by atomic mass is 14.8. The van der Waals surface area contributed by atoms with Crippen LogP contribution in [0.25, 0.3) is 0 Å². The van der Waals surface area contributed by atoms with Crippen LogP contribution in [0.5, 0.6) is 0 Å². The summed E-state index contributed by atoms with van der Waals surface area (Å²) < 4.78 is 0. The van der Waals surface area contributed by atoms with Gasteiger partial charge in [-0.05, 0) is 49.9 Å². The Bertz CT molecular complexity index is 207. The molecule has 0 spiro atoms. The van der Waals surface area contributed by atoms with Crippen LogP contribution < -0.4 is 5.73 Å². The summed E-state index contributed by atoms with van der Waals surface area (Å²) in [6.07, 6.45) is 11.0. The molecule has 1 nitrogen and oxygen atoms in total. The molecule has 3 atom stereocenters. The van der Waals surface area contributed by atoms with Crippen LogP contribution in [0.4, 0.5) is 0 Å². The molecule has 2 aliphatic carbocycles. The van der Waals surface area contributed by atoms with E-state index < -0.39 is 0 Å². The van der Waals surface area contributed by atoms with Crippen molar-refractivity contribution < 1.29 is 0 Å². The molecule has 0 aromatic heterocycles. The van der Waals surface area contributed by atoms with Crippen molar-refractivity contribution in [2.75, 3.05) is 0 Å². The van der Waals surface area contributed by atoms with Crippen LogP contribution in [0.15, 0.2) is 0 Å². The molecule has 88 valence electrons. The summed E-state index contributed by atoms with van der Waals surface area (Å²) in [7, 11) is 0. The first kappa shape index (κ1) is 11.4. The summed E-state index contributed by atoms with van der Waals surface area (Å²) >= 11 is 0. The number of hydrogen-bond acceptors (Lipinski definition) is 1. The summed E-state index contributed by atoms with van der Waals surface area (Å²) in [4.78, 5) is 0. The van der Waals surface area contributed by atoms with Gasteiger partial charge in [0.15, 0.2) is 0 Å². The van der Waals surface area contributed by atoms with Crippen molar-refractivity contribution in [3.8, 4) is 0 Å². The van der Waals surface area contributed by atoms with E-state index in [-0.39, 0.29) is 5.54 Å². The van der Waals surface area contributed by atoms with Gasteiger partial charge in [-0.25, -0.2) is 0 Å². The molecule has 2 saturated carbocycles. The van der Waals surface area contributed by atoms with Crippen LogP contribution in [0.2, 0.25) is 0 Å². The summed E-state index contributed by atoms with van der Waals surface area (Å²) in [5, 5.41) is 0. The molecule has 0 amide bonds. The van der Waals surface area contributed by atoms with Crippen LogP contribution in [-0.4, -0.2) is 5.54 Å². The van der Waals surface area contributed by atoms with Crippen LogP contribution in [0.3, 0.4) is 0 Å². The van der Waals surface area contributed by atoms with E-state index in [1.165, 1.54) is 51.4 Å². The third kappa shape index (κ3) is 2.38. The maximum absolute atomic E-state index is 6.69. The molecule has 3 unspecified atom stereocenters. The third-order valence-corrected chi connectivity index (χ3v) is 5.16.